The molecular formula is C15H18BrN3. The SMILES string of the molecule is N#Cc1ccc(Br)cc1N1CCN(CC2CC2)CC1. The van der Waals surface area contributed by atoms with E-state index in [1.165, 1.54) is 19.4 Å². The van der Waals surface area contributed by atoms with E-state index < -0.39 is 0 Å². The van der Waals surface area contributed by atoms with Crippen LogP contribution in [0.25, 0.3) is 0 Å². The summed E-state index contributed by atoms with van der Waals surface area (Å²) in [6.07, 6.45) is 2.84. The van der Waals surface area contributed by atoms with Gasteiger partial charge in [0.15, 0.2) is 0 Å². The molecule has 1 aromatic rings. The van der Waals surface area contributed by atoms with Crippen LogP contribution < -0.4 is 4.90 Å². The number of hydrogen-bond donors (Lipinski definition) is 0. The molecule has 2 fully saturated rings. The fourth-order valence-corrected chi connectivity index (χ4v) is 3.05. The van der Waals surface area contributed by atoms with Crippen molar-refractivity contribution in [1.29, 1.82) is 5.26 Å². The van der Waals surface area contributed by atoms with Gasteiger partial charge in [0.25, 0.3) is 0 Å². The molecule has 1 aliphatic carbocycles. The van der Waals surface area contributed by atoms with Crippen LogP contribution in [0.2, 0.25) is 0 Å². The molecule has 4 heteroatoms. The van der Waals surface area contributed by atoms with Crippen molar-refractivity contribution in [3.63, 3.8) is 0 Å². The lowest BCUT2D eigenvalue weighted by molar-refractivity contribution is 0.248. The van der Waals surface area contributed by atoms with E-state index in [0.717, 1.165) is 47.8 Å². The molecule has 2 aliphatic rings. The first-order chi connectivity index (χ1) is 9.26. The first-order valence-corrected chi connectivity index (χ1v) is 7.72. The second-order valence-corrected chi connectivity index (χ2v) is 6.42. The van der Waals surface area contributed by atoms with Crippen LogP contribution in [0.1, 0.15) is 18.4 Å². The summed E-state index contributed by atoms with van der Waals surface area (Å²) in [7, 11) is 0. The predicted molar refractivity (Wildman–Crippen MR) is 80.2 cm³/mol. The quantitative estimate of drug-likeness (QED) is 0.858. The van der Waals surface area contributed by atoms with Gasteiger partial charge < -0.3 is 4.90 Å². The lowest BCUT2D eigenvalue weighted by Crippen LogP contribution is -2.47. The molecule has 3 rings (SSSR count). The molecule has 0 bridgehead atoms. The third kappa shape index (κ3) is 3.10. The topological polar surface area (TPSA) is 30.3 Å². The zero-order valence-electron chi connectivity index (χ0n) is 11.0. The summed E-state index contributed by atoms with van der Waals surface area (Å²) in [5.41, 5.74) is 1.85. The third-order valence-corrected chi connectivity index (χ3v) is 4.50. The van der Waals surface area contributed by atoms with Crippen molar-refractivity contribution < 1.29 is 0 Å². The van der Waals surface area contributed by atoms with Crippen LogP contribution in [0.5, 0.6) is 0 Å². The number of nitrogens with zero attached hydrogens (tertiary/aromatic N) is 3. The van der Waals surface area contributed by atoms with E-state index in [2.05, 4.69) is 37.9 Å². The third-order valence-electron chi connectivity index (χ3n) is 4.01. The van der Waals surface area contributed by atoms with Crippen LogP contribution in [-0.2, 0) is 0 Å². The van der Waals surface area contributed by atoms with Gasteiger partial charge in [0.05, 0.1) is 11.3 Å². The van der Waals surface area contributed by atoms with Gasteiger partial charge in [-0.2, -0.15) is 5.26 Å². The molecule has 0 aromatic heterocycles. The van der Waals surface area contributed by atoms with Crippen molar-refractivity contribution >= 4 is 21.6 Å². The summed E-state index contributed by atoms with van der Waals surface area (Å²) in [5.74, 6) is 0.965. The summed E-state index contributed by atoms with van der Waals surface area (Å²) in [6.45, 7) is 5.56. The zero-order valence-corrected chi connectivity index (χ0v) is 12.6. The number of rotatable bonds is 3. The number of hydrogen-bond acceptors (Lipinski definition) is 3. The minimum absolute atomic E-state index is 0.777. The number of halogens is 1. The summed E-state index contributed by atoms with van der Waals surface area (Å²) < 4.78 is 1.04. The minimum atomic E-state index is 0.777. The van der Waals surface area contributed by atoms with E-state index in [-0.39, 0.29) is 0 Å². The van der Waals surface area contributed by atoms with Crippen LogP contribution >= 0.6 is 15.9 Å². The highest BCUT2D eigenvalue weighted by molar-refractivity contribution is 9.10. The van der Waals surface area contributed by atoms with Gasteiger partial charge in [-0.25, -0.2) is 0 Å². The van der Waals surface area contributed by atoms with Gasteiger partial charge in [-0.15, -0.1) is 0 Å². The molecule has 1 saturated carbocycles. The Kier molecular flexibility index (Phi) is 3.76. The maximum absolute atomic E-state index is 9.22. The second kappa shape index (κ2) is 5.52. The van der Waals surface area contributed by atoms with E-state index >= 15 is 0 Å². The number of nitriles is 1. The largest absolute Gasteiger partial charge is 0.368 e. The molecule has 0 atom stereocenters. The van der Waals surface area contributed by atoms with Crippen molar-refractivity contribution in [2.45, 2.75) is 12.8 Å². The summed E-state index contributed by atoms with van der Waals surface area (Å²) in [5, 5.41) is 9.22. The monoisotopic (exact) mass is 319 g/mol. The van der Waals surface area contributed by atoms with E-state index in [4.69, 9.17) is 0 Å². The number of piperazine rings is 1. The Balaban J connectivity index is 1.67. The Morgan fingerprint density at radius 2 is 1.95 bits per heavy atom. The minimum Gasteiger partial charge on any atom is -0.368 e. The van der Waals surface area contributed by atoms with E-state index in [1.807, 2.05) is 12.1 Å². The molecule has 0 amide bonds. The molecule has 19 heavy (non-hydrogen) atoms. The molecule has 100 valence electrons. The average molecular weight is 320 g/mol. The smallest absolute Gasteiger partial charge is 0.101 e. The molecule has 1 saturated heterocycles. The van der Waals surface area contributed by atoms with Crippen molar-refractivity contribution in [2.75, 3.05) is 37.6 Å². The Bertz CT molecular complexity index is 497. The molecule has 0 N–H and O–H groups in total. The maximum atomic E-state index is 9.22. The average Bonchev–Trinajstić information content (AvgIpc) is 3.23. The second-order valence-electron chi connectivity index (χ2n) is 5.50. The van der Waals surface area contributed by atoms with Gasteiger partial charge in [0, 0.05) is 37.2 Å². The van der Waals surface area contributed by atoms with Gasteiger partial charge in [-0.1, -0.05) is 15.9 Å². The van der Waals surface area contributed by atoms with Crippen molar-refractivity contribution in [1.82, 2.24) is 4.90 Å². The Hall–Kier alpha value is -1.05. The lowest BCUT2D eigenvalue weighted by Gasteiger charge is -2.36. The Morgan fingerprint density at radius 3 is 2.58 bits per heavy atom. The van der Waals surface area contributed by atoms with Crippen molar-refractivity contribution in [2.24, 2.45) is 5.92 Å². The number of benzene rings is 1. The summed E-state index contributed by atoms with van der Waals surface area (Å²) in [4.78, 5) is 4.91. The standard InChI is InChI=1S/C15H18BrN3/c16-14-4-3-13(10-17)15(9-14)19-7-5-18(6-8-19)11-12-1-2-12/h3-4,9,12H,1-2,5-8,11H2. The predicted octanol–water partition coefficient (Wildman–Crippen LogP) is 2.85. The molecule has 0 radical (unpaired) electrons. The Morgan fingerprint density at radius 1 is 1.21 bits per heavy atom. The van der Waals surface area contributed by atoms with Gasteiger partial charge in [-0.3, -0.25) is 4.90 Å². The van der Waals surface area contributed by atoms with Gasteiger partial charge >= 0.3 is 0 Å². The molecule has 3 nitrogen and oxygen atoms in total. The molecule has 1 aromatic carbocycles. The molecule has 1 aliphatic heterocycles. The summed E-state index contributed by atoms with van der Waals surface area (Å²) >= 11 is 3.50. The normalized spacial score (nSPS) is 20.3. The van der Waals surface area contributed by atoms with Crippen LogP contribution in [0, 0.1) is 17.2 Å². The zero-order chi connectivity index (χ0) is 13.2. The van der Waals surface area contributed by atoms with E-state index in [9.17, 15) is 5.26 Å². The van der Waals surface area contributed by atoms with Crippen LogP contribution in [-0.4, -0.2) is 37.6 Å². The fourth-order valence-electron chi connectivity index (χ4n) is 2.70. The first kappa shape index (κ1) is 13.0. The van der Waals surface area contributed by atoms with Gasteiger partial charge in [0.2, 0.25) is 0 Å². The highest BCUT2D eigenvalue weighted by Gasteiger charge is 2.26. The van der Waals surface area contributed by atoms with Crippen molar-refractivity contribution in [3.05, 3.63) is 28.2 Å². The van der Waals surface area contributed by atoms with Crippen LogP contribution in [0.3, 0.4) is 0 Å². The van der Waals surface area contributed by atoms with Crippen LogP contribution in [0.15, 0.2) is 22.7 Å². The maximum Gasteiger partial charge on any atom is 0.101 e. The van der Waals surface area contributed by atoms with Crippen molar-refractivity contribution in [3.8, 4) is 6.07 Å². The van der Waals surface area contributed by atoms with Crippen LogP contribution in [0.4, 0.5) is 5.69 Å². The van der Waals surface area contributed by atoms with Gasteiger partial charge in [-0.05, 0) is 37.0 Å². The molecule has 0 spiro atoms. The lowest BCUT2D eigenvalue weighted by atomic mass is 10.1. The highest BCUT2D eigenvalue weighted by atomic mass is 79.9. The van der Waals surface area contributed by atoms with E-state index in [0.29, 0.717) is 0 Å². The first-order valence-electron chi connectivity index (χ1n) is 6.93. The highest BCUT2D eigenvalue weighted by Crippen LogP contribution is 2.31. The van der Waals surface area contributed by atoms with E-state index in [1.54, 1.807) is 0 Å². The molecule has 0 unspecified atom stereocenters. The van der Waals surface area contributed by atoms with Gasteiger partial charge in [0.1, 0.15) is 6.07 Å². The molecular weight excluding hydrogens is 302 g/mol. The fraction of sp³-hybridized carbons (Fsp3) is 0.533. The molecule has 1 heterocycles. The number of anilines is 1. The Labute approximate surface area is 122 Å². The summed E-state index contributed by atoms with van der Waals surface area (Å²) in [6, 6.07) is 8.20.